The van der Waals surface area contributed by atoms with Crippen molar-refractivity contribution < 1.29 is 13.2 Å². The normalized spacial score (nSPS) is 16.2. The molecule has 1 aliphatic rings. The molecule has 7 nitrogen and oxygen atoms in total. The molecule has 1 aromatic rings. The second-order valence-corrected chi connectivity index (χ2v) is 8.38. The lowest BCUT2D eigenvalue weighted by molar-refractivity contribution is -0.133. The number of sulfonamides is 1. The van der Waals surface area contributed by atoms with Crippen molar-refractivity contribution in [1.29, 1.82) is 0 Å². The number of nitrogens with one attached hydrogen (secondary N) is 1. The van der Waals surface area contributed by atoms with Gasteiger partial charge in [-0.2, -0.15) is 0 Å². The number of carbonyl (C=O) groups excluding carboxylic acids is 1. The Labute approximate surface area is 174 Å². The van der Waals surface area contributed by atoms with Crippen molar-refractivity contribution in [2.24, 2.45) is 5.73 Å². The molecule has 0 bridgehead atoms. The van der Waals surface area contributed by atoms with Gasteiger partial charge in [-0.25, -0.2) is 13.1 Å². The van der Waals surface area contributed by atoms with Gasteiger partial charge in [0.05, 0.1) is 4.90 Å². The molecule has 1 saturated heterocycles. The van der Waals surface area contributed by atoms with Crippen molar-refractivity contribution in [3.05, 3.63) is 29.8 Å². The fraction of sp³-hybridized carbons (Fsp3) is 0.588. The highest BCUT2D eigenvalue weighted by Crippen LogP contribution is 2.10. The van der Waals surface area contributed by atoms with Crippen LogP contribution >= 0.6 is 24.8 Å². The molecule has 1 heterocycles. The zero-order chi connectivity index (χ0) is 18.4. The van der Waals surface area contributed by atoms with Crippen molar-refractivity contribution >= 4 is 40.7 Å². The van der Waals surface area contributed by atoms with E-state index in [9.17, 15) is 13.2 Å². The van der Waals surface area contributed by atoms with Crippen LogP contribution in [0.1, 0.15) is 18.9 Å². The van der Waals surface area contributed by atoms with Crippen molar-refractivity contribution in [1.82, 2.24) is 14.5 Å². The Kier molecular flexibility index (Phi) is 11.4. The van der Waals surface area contributed by atoms with Gasteiger partial charge >= 0.3 is 0 Å². The van der Waals surface area contributed by atoms with Crippen LogP contribution in [0.2, 0.25) is 0 Å². The van der Waals surface area contributed by atoms with E-state index >= 15 is 0 Å². The van der Waals surface area contributed by atoms with Crippen LogP contribution in [0.4, 0.5) is 0 Å². The number of benzene rings is 1. The Balaban J connectivity index is 0.00000338. The molecular formula is C17H30Cl2N4O3S. The summed E-state index contributed by atoms with van der Waals surface area (Å²) < 4.78 is 27.1. The van der Waals surface area contributed by atoms with Gasteiger partial charge in [0.2, 0.25) is 15.9 Å². The van der Waals surface area contributed by atoms with Crippen LogP contribution in [0.25, 0.3) is 0 Å². The molecule has 1 amide bonds. The Morgan fingerprint density at radius 3 is 2.22 bits per heavy atom. The summed E-state index contributed by atoms with van der Waals surface area (Å²) in [6.45, 7) is 7.54. The molecule has 2 rings (SSSR count). The van der Waals surface area contributed by atoms with Gasteiger partial charge in [0.25, 0.3) is 0 Å². The summed E-state index contributed by atoms with van der Waals surface area (Å²) in [6, 6.07) is 6.67. The molecule has 156 valence electrons. The largest absolute Gasteiger partial charge is 0.340 e. The summed E-state index contributed by atoms with van der Waals surface area (Å²) in [5.74, 6) is 0.0923. The van der Waals surface area contributed by atoms with Crippen LogP contribution < -0.4 is 10.5 Å². The van der Waals surface area contributed by atoms with Gasteiger partial charge in [0.15, 0.2) is 0 Å². The number of carbonyl (C=O) groups is 1. The third kappa shape index (κ3) is 8.33. The molecule has 1 unspecified atom stereocenters. The first-order chi connectivity index (χ1) is 11.8. The highest BCUT2D eigenvalue weighted by molar-refractivity contribution is 7.89. The van der Waals surface area contributed by atoms with E-state index in [1.807, 2.05) is 18.7 Å². The summed E-state index contributed by atoms with van der Waals surface area (Å²) in [4.78, 5) is 16.2. The highest BCUT2D eigenvalue weighted by Gasteiger charge is 2.22. The monoisotopic (exact) mass is 440 g/mol. The van der Waals surface area contributed by atoms with E-state index in [1.165, 1.54) is 0 Å². The standard InChI is InChI=1S/C17H28N4O3S.2ClH/c1-14-3-5-16(6-4-14)25(23,24)19-7-8-20-9-11-21(12-10-20)17(22)13-15(2)18;;/h3-6,15,19H,7-13,18H2,1-2H3;2*1H. The molecular weight excluding hydrogens is 411 g/mol. The first kappa shape index (κ1) is 26.1. The van der Waals surface area contributed by atoms with Crippen molar-refractivity contribution in [2.75, 3.05) is 39.3 Å². The second-order valence-electron chi connectivity index (χ2n) is 6.61. The molecule has 0 spiro atoms. The second kappa shape index (κ2) is 11.8. The average Bonchev–Trinajstić information content (AvgIpc) is 2.55. The Morgan fingerprint density at radius 2 is 1.70 bits per heavy atom. The quantitative estimate of drug-likeness (QED) is 0.658. The van der Waals surface area contributed by atoms with Gasteiger partial charge in [0.1, 0.15) is 0 Å². The molecule has 1 fully saturated rings. The third-order valence-electron chi connectivity index (χ3n) is 4.27. The van der Waals surface area contributed by atoms with Gasteiger partial charge in [-0.05, 0) is 26.0 Å². The number of halogens is 2. The van der Waals surface area contributed by atoms with Crippen LogP contribution in [0.15, 0.2) is 29.2 Å². The van der Waals surface area contributed by atoms with E-state index in [0.717, 1.165) is 18.7 Å². The van der Waals surface area contributed by atoms with E-state index in [-0.39, 0.29) is 41.7 Å². The molecule has 1 atom stereocenters. The van der Waals surface area contributed by atoms with Gasteiger partial charge in [-0.15, -0.1) is 24.8 Å². The summed E-state index contributed by atoms with van der Waals surface area (Å²) >= 11 is 0. The van der Waals surface area contributed by atoms with Crippen LogP contribution in [-0.4, -0.2) is 69.4 Å². The average molecular weight is 441 g/mol. The molecule has 27 heavy (non-hydrogen) atoms. The molecule has 1 aliphatic heterocycles. The van der Waals surface area contributed by atoms with Crippen LogP contribution in [0.5, 0.6) is 0 Å². The molecule has 0 saturated carbocycles. The van der Waals surface area contributed by atoms with E-state index in [4.69, 9.17) is 5.73 Å². The Bertz CT molecular complexity index is 676. The topological polar surface area (TPSA) is 95.7 Å². The van der Waals surface area contributed by atoms with E-state index in [2.05, 4.69) is 9.62 Å². The van der Waals surface area contributed by atoms with Crippen molar-refractivity contribution in [3.8, 4) is 0 Å². The molecule has 10 heteroatoms. The van der Waals surface area contributed by atoms with Gasteiger partial charge in [-0.3, -0.25) is 9.69 Å². The van der Waals surface area contributed by atoms with Gasteiger partial charge in [-0.1, -0.05) is 17.7 Å². The zero-order valence-electron chi connectivity index (χ0n) is 15.8. The smallest absolute Gasteiger partial charge is 0.240 e. The summed E-state index contributed by atoms with van der Waals surface area (Å²) in [5, 5.41) is 0. The molecule has 0 aliphatic carbocycles. The highest BCUT2D eigenvalue weighted by atomic mass is 35.5. The minimum Gasteiger partial charge on any atom is -0.340 e. The lowest BCUT2D eigenvalue weighted by Crippen LogP contribution is -2.50. The van der Waals surface area contributed by atoms with Gasteiger partial charge in [0, 0.05) is 51.7 Å². The lowest BCUT2D eigenvalue weighted by atomic mass is 10.2. The number of piperazine rings is 1. The predicted molar refractivity (Wildman–Crippen MR) is 112 cm³/mol. The first-order valence-corrected chi connectivity index (χ1v) is 10.1. The minimum absolute atomic E-state index is 0. The fourth-order valence-electron chi connectivity index (χ4n) is 2.76. The fourth-order valence-corrected chi connectivity index (χ4v) is 3.79. The minimum atomic E-state index is -3.47. The molecule has 1 aromatic carbocycles. The maximum atomic E-state index is 12.2. The van der Waals surface area contributed by atoms with Crippen LogP contribution in [0.3, 0.4) is 0 Å². The van der Waals surface area contributed by atoms with E-state index in [0.29, 0.717) is 32.6 Å². The summed E-state index contributed by atoms with van der Waals surface area (Å²) in [7, 11) is -3.47. The van der Waals surface area contributed by atoms with Crippen molar-refractivity contribution in [2.45, 2.75) is 31.2 Å². The summed E-state index contributed by atoms with van der Waals surface area (Å²) in [5.41, 5.74) is 6.69. The predicted octanol–water partition coefficient (Wildman–Crippen LogP) is 0.998. The SMILES string of the molecule is Cc1ccc(S(=O)(=O)NCCN2CCN(C(=O)CC(C)N)CC2)cc1.Cl.Cl. The number of nitrogens with two attached hydrogens (primary N) is 1. The number of hydrogen-bond donors (Lipinski definition) is 2. The molecule has 0 aromatic heterocycles. The maximum absolute atomic E-state index is 12.2. The summed E-state index contributed by atoms with van der Waals surface area (Å²) in [6.07, 6.45) is 0.371. The number of aryl methyl sites for hydroxylation is 1. The number of hydrogen-bond acceptors (Lipinski definition) is 5. The van der Waals surface area contributed by atoms with Crippen molar-refractivity contribution in [3.63, 3.8) is 0 Å². The number of rotatable bonds is 7. The Hall–Kier alpha value is -0.900. The number of amides is 1. The molecule has 3 N–H and O–H groups in total. The third-order valence-corrected chi connectivity index (χ3v) is 5.75. The first-order valence-electron chi connectivity index (χ1n) is 8.60. The zero-order valence-corrected chi connectivity index (χ0v) is 18.2. The Morgan fingerprint density at radius 1 is 1.15 bits per heavy atom. The number of nitrogens with zero attached hydrogens (tertiary/aromatic N) is 2. The van der Waals surface area contributed by atoms with Crippen LogP contribution in [0, 0.1) is 6.92 Å². The van der Waals surface area contributed by atoms with E-state index in [1.54, 1.807) is 24.3 Å². The lowest BCUT2D eigenvalue weighted by Gasteiger charge is -2.35. The van der Waals surface area contributed by atoms with Crippen LogP contribution in [-0.2, 0) is 14.8 Å². The maximum Gasteiger partial charge on any atom is 0.240 e. The molecule has 0 radical (unpaired) electrons. The van der Waals surface area contributed by atoms with Gasteiger partial charge < -0.3 is 10.6 Å². The van der Waals surface area contributed by atoms with E-state index < -0.39 is 10.0 Å².